The maximum atomic E-state index is 7.69. The van der Waals surface area contributed by atoms with Crippen molar-refractivity contribution in [2.45, 2.75) is 37.8 Å². The molecular formula is C19H24N6. The first-order chi connectivity index (χ1) is 12.3. The summed E-state index contributed by atoms with van der Waals surface area (Å²) in [4.78, 5) is 10.1. The zero-order valence-electron chi connectivity index (χ0n) is 14.3. The van der Waals surface area contributed by atoms with Gasteiger partial charge in [0.15, 0.2) is 0 Å². The van der Waals surface area contributed by atoms with Crippen LogP contribution in [0.1, 0.15) is 31.2 Å². The van der Waals surface area contributed by atoms with Gasteiger partial charge in [-0.3, -0.25) is 0 Å². The van der Waals surface area contributed by atoms with Crippen LogP contribution < -0.4 is 10.2 Å². The van der Waals surface area contributed by atoms with Gasteiger partial charge in [-0.1, -0.05) is 0 Å². The maximum Gasteiger partial charge on any atom is 0.139 e. The normalized spacial score (nSPS) is 21.5. The Balaban J connectivity index is 1.71. The molecule has 3 heterocycles. The molecule has 0 spiro atoms. The van der Waals surface area contributed by atoms with Crippen molar-refractivity contribution < 1.29 is 0 Å². The first kappa shape index (κ1) is 16.0. The smallest absolute Gasteiger partial charge is 0.139 e. The Morgan fingerprint density at radius 1 is 1.28 bits per heavy atom. The molecule has 1 saturated heterocycles. The molecule has 1 aliphatic heterocycles. The summed E-state index contributed by atoms with van der Waals surface area (Å²) in [7, 11) is 0. The van der Waals surface area contributed by atoms with Gasteiger partial charge in [-0.2, -0.15) is 0 Å². The van der Waals surface area contributed by atoms with Crippen LogP contribution in [0.2, 0.25) is 0 Å². The number of nitrogens with zero attached hydrogens (tertiary/aromatic N) is 2. The molecule has 0 aromatic carbocycles. The lowest BCUT2D eigenvalue weighted by Crippen LogP contribution is -2.46. The van der Waals surface area contributed by atoms with Crippen molar-refractivity contribution >= 4 is 34.7 Å². The summed E-state index contributed by atoms with van der Waals surface area (Å²) in [5, 5.41) is 19.8. The van der Waals surface area contributed by atoms with Gasteiger partial charge in [-0.15, -0.1) is 0 Å². The van der Waals surface area contributed by atoms with Gasteiger partial charge in [0, 0.05) is 72.2 Å². The molecule has 2 aromatic rings. The van der Waals surface area contributed by atoms with Crippen molar-refractivity contribution in [1.82, 2.24) is 15.3 Å². The first-order valence-corrected chi connectivity index (χ1v) is 8.99. The predicted molar refractivity (Wildman–Crippen MR) is 103 cm³/mol. The second kappa shape index (κ2) is 6.80. The van der Waals surface area contributed by atoms with Gasteiger partial charge < -0.3 is 26.0 Å². The average molecular weight is 336 g/mol. The van der Waals surface area contributed by atoms with Crippen molar-refractivity contribution in [2.75, 3.05) is 18.0 Å². The van der Waals surface area contributed by atoms with Crippen LogP contribution >= 0.6 is 0 Å². The molecule has 1 atom stereocenters. The second-order valence-electron chi connectivity index (χ2n) is 6.92. The number of nitrogens with one attached hydrogen (secondary N) is 4. The Morgan fingerprint density at radius 3 is 2.92 bits per heavy atom. The topological polar surface area (TPSA) is 91.6 Å². The number of aromatic nitrogens is 2. The van der Waals surface area contributed by atoms with E-state index in [1.165, 1.54) is 43.8 Å². The Labute approximate surface area is 147 Å². The summed E-state index contributed by atoms with van der Waals surface area (Å²) < 4.78 is 0. The number of rotatable bonds is 6. The zero-order chi connectivity index (χ0) is 17.2. The summed E-state index contributed by atoms with van der Waals surface area (Å²) in [6, 6.07) is 3.35. The van der Waals surface area contributed by atoms with Crippen LogP contribution in [0.4, 0.5) is 5.69 Å². The fraction of sp³-hybridized carbons (Fsp3) is 0.421. The van der Waals surface area contributed by atoms with E-state index in [9.17, 15) is 0 Å². The Hall–Kier alpha value is -2.47. The van der Waals surface area contributed by atoms with Crippen molar-refractivity contribution in [3.05, 3.63) is 30.1 Å². The number of aromatic amines is 1. The quantitative estimate of drug-likeness (QED) is 0.611. The summed E-state index contributed by atoms with van der Waals surface area (Å²) >= 11 is 0. The molecule has 6 heteroatoms. The zero-order valence-corrected chi connectivity index (χ0v) is 14.3. The van der Waals surface area contributed by atoms with E-state index in [-0.39, 0.29) is 0 Å². The minimum absolute atomic E-state index is 0.547. The van der Waals surface area contributed by atoms with E-state index in [0.29, 0.717) is 6.04 Å². The highest BCUT2D eigenvalue weighted by Gasteiger charge is 2.28. The van der Waals surface area contributed by atoms with E-state index < -0.39 is 0 Å². The monoisotopic (exact) mass is 336 g/mol. The molecule has 6 nitrogen and oxygen atoms in total. The predicted octanol–water partition coefficient (Wildman–Crippen LogP) is 2.97. The maximum absolute atomic E-state index is 7.69. The minimum Gasteiger partial charge on any atom is -0.369 e. The van der Waals surface area contributed by atoms with Gasteiger partial charge in [-0.05, 0) is 37.8 Å². The Bertz CT molecular complexity index is 816. The molecule has 2 aromatic heterocycles. The van der Waals surface area contributed by atoms with E-state index in [2.05, 4.69) is 26.3 Å². The fourth-order valence-corrected chi connectivity index (χ4v) is 3.75. The molecule has 0 bridgehead atoms. The van der Waals surface area contributed by atoms with Crippen LogP contribution in [0, 0.1) is 10.8 Å². The van der Waals surface area contributed by atoms with Crippen LogP contribution in [0.5, 0.6) is 0 Å². The van der Waals surface area contributed by atoms with Crippen LogP contribution in [-0.2, 0) is 0 Å². The molecule has 0 radical (unpaired) electrons. The number of pyridine rings is 1. The molecule has 25 heavy (non-hydrogen) atoms. The molecule has 130 valence electrons. The Kier molecular flexibility index (Phi) is 4.36. The highest BCUT2D eigenvalue weighted by atomic mass is 15.2. The van der Waals surface area contributed by atoms with Crippen LogP contribution in [-0.4, -0.2) is 47.6 Å². The van der Waals surface area contributed by atoms with Gasteiger partial charge in [0.2, 0.25) is 0 Å². The van der Waals surface area contributed by atoms with Gasteiger partial charge in [0.1, 0.15) is 5.65 Å². The number of fused-ring (bicyclic) bond motifs is 1. The molecule has 1 saturated carbocycles. The lowest BCUT2D eigenvalue weighted by atomic mass is 10.0. The summed E-state index contributed by atoms with van der Waals surface area (Å²) in [5.74, 6) is 0. The average Bonchev–Trinajstić information content (AvgIpc) is 3.35. The molecule has 4 rings (SSSR count). The largest absolute Gasteiger partial charge is 0.369 e. The fourth-order valence-electron chi connectivity index (χ4n) is 3.75. The minimum atomic E-state index is 0.547. The molecule has 4 N–H and O–H groups in total. The summed E-state index contributed by atoms with van der Waals surface area (Å²) in [6.07, 6.45) is 13.0. The second-order valence-corrected chi connectivity index (χ2v) is 6.92. The highest BCUT2D eigenvalue weighted by molar-refractivity contribution is 6.18. The van der Waals surface area contributed by atoms with E-state index in [1.54, 1.807) is 6.08 Å². The third-order valence-electron chi connectivity index (χ3n) is 5.09. The lowest BCUT2D eigenvalue weighted by molar-refractivity contribution is 0.421. The van der Waals surface area contributed by atoms with Crippen LogP contribution in [0.3, 0.4) is 0 Å². The van der Waals surface area contributed by atoms with Gasteiger partial charge in [0.05, 0.1) is 0 Å². The van der Waals surface area contributed by atoms with Gasteiger partial charge in [-0.25, -0.2) is 4.98 Å². The number of hydrogen-bond acceptors (Lipinski definition) is 5. The standard InChI is InChI=1S/C19H24N6/c20-7-5-13(10-21)16-11-23-19-18(16)17(6-8-22-19)25-9-1-2-15(12-25)24-14-3-4-14/h5-8,10-11,14-15,20-21,24H,1-4,9,12H2,(H,22,23)/b13-5+,20-7?,21-10?/t15-/m0/s1. The van der Waals surface area contributed by atoms with Crippen molar-refractivity contribution in [3.63, 3.8) is 0 Å². The molecule has 0 unspecified atom stereocenters. The highest BCUT2D eigenvalue weighted by Crippen LogP contribution is 2.33. The van der Waals surface area contributed by atoms with Crippen LogP contribution in [0.15, 0.2) is 24.5 Å². The van der Waals surface area contributed by atoms with Gasteiger partial charge >= 0.3 is 0 Å². The molecule has 2 aliphatic rings. The molecule has 2 fully saturated rings. The van der Waals surface area contributed by atoms with Crippen molar-refractivity contribution in [3.8, 4) is 0 Å². The number of allylic oxidation sites excluding steroid dienone is 2. The SMILES string of the molecule is N=C/C=C(\C=N)c1c[nH]c2nccc(N3CCC[C@H](NC4CC4)C3)c12. The lowest BCUT2D eigenvalue weighted by Gasteiger charge is -2.35. The number of piperidine rings is 1. The van der Waals surface area contributed by atoms with E-state index in [4.69, 9.17) is 10.8 Å². The number of anilines is 1. The number of hydrogen-bond donors (Lipinski definition) is 4. The van der Waals surface area contributed by atoms with E-state index >= 15 is 0 Å². The third-order valence-corrected chi connectivity index (χ3v) is 5.09. The van der Waals surface area contributed by atoms with Crippen molar-refractivity contribution in [2.24, 2.45) is 0 Å². The van der Waals surface area contributed by atoms with E-state index in [1.807, 2.05) is 12.4 Å². The molecule has 1 aliphatic carbocycles. The summed E-state index contributed by atoms with van der Waals surface area (Å²) in [5.41, 5.74) is 3.66. The van der Waals surface area contributed by atoms with E-state index in [0.717, 1.165) is 41.3 Å². The number of H-pyrrole nitrogens is 1. The van der Waals surface area contributed by atoms with Crippen molar-refractivity contribution in [1.29, 1.82) is 10.8 Å². The third kappa shape index (κ3) is 3.22. The molecule has 0 amide bonds. The first-order valence-electron chi connectivity index (χ1n) is 8.99. The summed E-state index contributed by atoms with van der Waals surface area (Å²) in [6.45, 7) is 2.05. The van der Waals surface area contributed by atoms with Gasteiger partial charge in [0.25, 0.3) is 0 Å². The molecular weight excluding hydrogens is 312 g/mol. The van der Waals surface area contributed by atoms with Crippen LogP contribution in [0.25, 0.3) is 16.6 Å². The Morgan fingerprint density at radius 2 is 2.16 bits per heavy atom.